The number of nitro groups is 1. The minimum atomic E-state index is -1.04. The summed E-state index contributed by atoms with van der Waals surface area (Å²) in [4.78, 5) is 59.6. The number of carbonyl (C=O) groups excluding carboxylic acids is 4. The maximum atomic E-state index is 12.4. The molecule has 2 aromatic rings. The number of hydrogen-bond acceptors (Lipinski definition) is 8. The van der Waals surface area contributed by atoms with Crippen LogP contribution in [0.15, 0.2) is 36.4 Å². The first-order valence-corrected chi connectivity index (χ1v) is 9.03. The van der Waals surface area contributed by atoms with E-state index in [0.717, 1.165) is 6.07 Å². The van der Waals surface area contributed by atoms with Gasteiger partial charge in [0, 0.05) is 11.8 Å². The number of hydrogen-bond donors (Lipinski definition) is 1. The van der Waals surface area contributed by atoms with Crippen molar-refractivity contribution in [1.29, 1.82) is 0 Å². The molecule has 3 rings (SSSR count). The van der Waals surface area contributed by atoms with Gasteiger partial charge in [-0.15, -0.1) is 0 Å². The van der Waals surface area contributed by atoms with E-state index in [4.69, 9.17) is 21.1 Å². The summed E-state index contributed by atoms with van der Waals surface area (Å²) in [6.07, 6.45) is 0. The molecule has 0 aromatic heterocycles. The third-order valence-electron chi connectivity index (χ3n) is 4.26. The van der Waals surface area contributed by atoms with Gasteiger partial charge in [-0.3, -0.25) is 34.2 Å². The molecule has 0 spiro atoms. The minimum absolute atomic E-state index is 0.180. The summed E-state index contributed by atoms with van der Waals surface area (Å²) in [5, 5.41) is 13.8. The summed E-state index contributed by atoms with van der Waals surface area (Å²) < 4.78 is 9.79. The molecular weight excluding hydrogens is 434 g/mol. The fourth-order valence-electron chi connectivity index (χ4n) is 2.87. The lowest BCUT2D eigenvalue weighted by Gasteiger charge is -2.13. The van der Waals surface area contributed by atoms with E-state index in [9.17, 15) is 29.3 Å². The van der Waals surface area contributed by atoms with Gasteiger partial charge in [0.15, 0.2) is 6.61 Å². The molecular formula is C19H14ClN3O8. The van der Waals surface area contributed by atoms with Crippen molar-refractivity contribution in [2.75, 3.05) is 25.6 Å². The normalized spacial score (nSPS) is 12.4. The Labute approximate surface area is 179 Å². The number of nitrogens with zero attached hydrogens (tertiary/aromatic N) is 2. The first-order valence-electron chi connectivity index (χ1n) is 8.65. The predicted octanol–water partition coefficient (Wildman–Crippen LogP) is 2.03. The van der Waals surface area contributed by atoms with Crippen molar-refractivity contribution < 1.29 is 33.6 Å². The molecule has 0 saturated carbocycles. The number of imide groups is 1. The summed E-state index contributed by atoms with van der Waals surface area (Å²) in [6.45, 7) is -1.49. The lowest BCUT2D eigenvalue weighted by atomic mass is 10.1. The molecule has 12 heteroatoms. The number of esters is 1. The van der Waals surface area contributed by atoms with Crippen LogP contribution in [0.25, 0.3) is 0 Å². The molecule has 0 fully saturated rings. The first kappa shape index (κ1) is 21.7. The summed E-state index contributed by atoms with van der Waals surface area (Å²) in [5.41, 5.74) is -0.774. The van der Waals surface area contributed by atoms with E-state index < -0.39 is 47.5 Å². The van der Waals surface area contributed by atoms with Gasteiger partial charge in [0.05, 0.1) is 22.6 Å². The van der Waals surface area contributed by atoms with Crippen molar-refractivity contribution in [2.24, 2.45) is 0 Å². The number of rotatable bonds is 7. The molecule has 0 unspecified atom stereocenters. The zero-order valence-electron chi connectivity index (χ0n) is 15.9. The van der Waals surface area contributed by atoms with E-state index in [0.29, 0.717) is 16.3 Å². The van der Waals surface area contributed by atoms with Gasteiger partial charge in [-0.25, -0.2) is 0 Å². The van der Waals surface area contributed by atoms with Gasteiger partial charge in [0.2, 0.25) is 0 Å². The Hall–Kier alpha value is -3.99. The van der Waals surface area contributed by atoms with Crippen LogP contribution in [-0.2, 0) is 14.3 Å². The summed E-state index contributed by atoms with van der Waals surface area (Å²) in [5.74, 6) is -3.17. The van der Waals surface area contributed by atoms with Crippen LogP contribution in [0.3, 0.4) is 0 Å². The molecule has 160 valence electrons. The van der Waals surface area contributed by atoms with Crippen LogP contribution in [0.2, 0.25) is 5.02 Å². The van der Waals surface area contributed by atoms with Crippen molar-refractivity contribution in [2.45, 2.75) is 0 Å². The second-order valence-corrected chi connectivity index (χ2v) is 6.62. The first-order chi connectivity index (χ1) is 14.7. The van der Waals surface area contributed by atoms with Gasteiger partial charge in [-0.1, -0.05) is 17.7 Å². The Morgan fingerprint density at radius 1 is 1.19 bits per heavy atom. The molecule has 1 aliphatic rings. The average Bonchev–Trinajstić information content (AvgIpc) is 2.97. The molecule has 1 N–H and O–H groups in total. The number of carbonyl (C=O) groups is 4. The third kappa shape index (κ3) is 4.46. The molecule has 2 aromatic carbocycles. The third-order valence-corrected chi connectivity index (χ3v) is 4.56. The van der Waals surface area contributed by atoms with Gasteiger partial charge in [-0.2, -0.15) is 0 Å². The Morgan fingerprint density at radius 2 is 1.94 bits per heavy atom. The highest BCUT2D eigenvalue weighted by Gasteiger charge is 2.41. The fraction of sp³-hybridized carbons (Fsp3) is 0.158. The van der Waals surface area contributed by atoms with E-state index in [2.05, 4.69) is 5.32 Å². The second-order valence-electron chi connectivity index (χ2n) is 6.21. The highest BCUT2D eigenvalue weighted by atomic mass is 35.5. The number of nitro benzene ring substituents is 1. The summed E-state index contributed by atoms with van der Waals surface area (Å²) >= 11 is 5.96. The molecule has 1 heterocycles. The van der Waals surface area contributed by atoms with Crippen LogP contribution < -0.4 is 10.1 Å². The smallest absolute Gasteiger partial charge is 0.326 e. The van der Waals surface area contributed by atoms with Crippen LogP contribution in [0.5, 0.6) is 5.75 Å². The van der Waals surface area contributed by atoms with Crippen molar-refractivity contribution >= 4 is 46.7 Å². The standard InChI is InChI=1S/C19H14ClN3O8/c1-30-14-6-5-10(7-12(14)20)21-15(24)9-31-16(25)8-22-18(26)11-3-2-4-13(23(28)29)17(11)19(22)27/h2-7H,8-9H2,1H3,(H,21,24). The van der Waals surface area contributed by atoms with Crippen molar-refractivity contribution in [3.63, 3.8) is 0 Å². The average molecular weight is 448 g/mol. The van der Waals surface area contributed by atoms with E-state index in [1.54, 1.807) is 0 Å². The van der Waals surface area contributed by atoms with Gasteiger partial charge in [-0.05, 0) is 24.3 Å². The van der Waals surface area contributed by atoms with E-state index in [-0.39, 0.29) is 16.1 Å². The topological polar surface area (TPSA) is 145 Å². The monoisotopic (exact) mass is 447 g/mol. The fourth-order valence-corrected chi connectivity index (χ4v) is 3.13. The SMILES string of the molecule is COc1ccc(NC(=O)COC(=O)CN2C(=O)c3cccc([N+](=O)[O-])c3C2=O)cc1Cl. The summed E-state index contributed by atoms with van der Waals surface area (Å²) in [6, 6.07) is 8.09. The Balaban J connectivity index is 1.59. The molecule has 0 saturated heterocycles. The number of ether oxygens (including phenoxy) is 2. The number of amides is 3. The van der Waals surface area contributed by atoms with Crippen molar-refractivity contribution in [1.82, 2.24) is 4.90 Å². The maximum Gasteiger partial charge on any atom is 0.326 e. The number of benzene rings is 2. The minimum Gasteiger partial charge on any atom is -0.495 e. The highest BCUT2D eigenvalue weighted by molar-refractivity contribution is 6.32. The molecule has 11 nitrogen and oxygen atoms in total. The van der Waals surface area contributed by atoms with Crippen LogP contribution >= 0.6 is 11.6 Å². The molecule has 31 heavy (non-hydrogen) atoms. The van der Waals surface area contributed by atoms with E-state index >= 15 is 0 Å². The van der Waals surface area contributed by atoms with Crippen molar-refractivity contribution in [3.05, 3.63) is 62.7 Å². The highest BCUT2D eigenvalue weighted by Crippen LogP contribution is 2.30. The zero-order valence-corrected chi connectivity index (χ0v) is 16.7. The van der Waals surface area contributed by atoms with Crippen LogP contribution in [-0.4, -0.2) is 53.8 Å². The molecule has 0 atom stereocenters. The number of nitrogens with one attached hydrogen (secondary N) is 1. The van der Waals surface area contributed by atoms with Crippen LogP contribution in [0.1, 0.15) is 20.7 Å². The lowest BCUT2D eigenvalue weighted by Crippen LogP contribution is -2.36. The zero-order chi connectivity index (χ0) is 22.7. The van der Waals surface area contributed by atoms with Gasteiger partial charge >= 0.3 is 5.97 Å². The summed E-state index contributed by atoms with van der Waals surface area (Å²) in [7, 11) is 1.44. The van der Waals surface area contributed by atoms with Gasteiger partial charge < -0.3 is 14.8 Å². The molecule has 1 aliphatic heterocycles. The Kier molecular flexibility index (Phi) is 6.16. The quantitative estimate of drug-likeness (QED) is 0.293. The van der Waals surface area contributed by atoms with Crippen LogP contribution in [0, 0.1) is 10.1 Å². The predicted molar refractivity (Wildman–Crippen MR) is 106 cm³/mol. The Bertz CT molecular complexity index is 1120. The molecule has 3 amide bonds. The number of halogens is 1. The maximum absolute atomic E-state index is 12.4. The molecule has 0 aliphatic carbocycles. The van der Waals surface area contributed by atoms with Gasteiger partial charge in [0.25, 0.3) is 23.4 Å². The lowest BCUT2D eigenvalue weighted by molar-refractivity contribution is -0.385. The number of methoxy groups -OCH3 is 1. The largest absolute Gasteiger partial charge is 0.495 e. The molecule has 0 radical (unpaired) electrons. The number of fused-ring (bicyclic) bond motifs is 1. The molecule has 0 bridgehead atoms. The second kappa shape index (κ2) is 8.79. The van der Waals surface area contributed by atoms with Gasteiger partial charge in [0.1, 0.15) is 17.9 Å². The van der Waals surface area contributed by atoms with Crippen LogP contribution in [0.4, 0.5) is 11.4 Å². The number of anilines is 1. The van der Waals surface area contributed by atoms with E-state index in [1.165, 1.54) is 37.4 Å². The Morgan fingerprint density at radius 3 is 2.58 bits per heavy atom. The van der Waals surface area contributed by atoms with Crippen molar-refractivity contribution in [3.8, 4) is 5.75 Å². The van der Waals surface area contributed by atoms with E-state index in [1.807, 2.05) is 0 Å².